The van der Waals surface area contributed by atoms with Gasteiger partial charge in [-0.25, -0.2) is 0 Å². The van der Waals surface area contributed by atoms with Gasteiger partial charge in [-0.05, 0) is 37.6 Å². The van der Waals surface area contributed by atoms with E-state index in [4.69, 9.17) is 9.84 Å². The van der Waals surface area contributed by atoms with Gasteiger partial charge in [-0.2, -0.15) is 11.8 Å². The maximum absolute atomic E-state index is 9.13. The number of benzene rings is 1. The Balaban J connectivity index is 2.65. The quantitative estimate of drug-likeness (QED) is 0.695. The summed E-state index contributed by atoms with van der Waals surface area (Å²) in [6.45, 7) is 8.15. The zero-order valence-electron chi connectivity index (χ0n) is 12.8. The maximum atomic E-state index is 9.13. The third kappa shape index (κ3) is 6.16. The topological polar surface area (TPSA) is 41.5 Å². The predicted octanol–water partition coefficient (Wildman–Crippen LogP) is 3.24. The summed E-state index contributed by atoms with van der Waals surface area (Å²) < 4.78 is 5.48. The van der Waals surface area contributed by atoms with Gasteiger partial charge in [0.15, 0.2) is 0 Å². The fourth-order valence-corrected chi connectivity index (χ4v) is 2.80. The van der Waals surface area contributed by atoms with E-state index >= 15 is 0 Å². The number of rotatable bonds is 10. The number of nitrogens with one attached hydrogen (secondary N) is 1. The van der Waals surface area contributed by atoms with E-state index in [0.29, 0.717) is 12.6 Å². The van der Waals surface area contributed by atoms with E-state index < -0.39 is 0 Å². The first-order valence-corrected chi connectivity index (χ1v) is 8.44. The number of thioether (sulfide) groups is 1. The molecule has 0 spiro atoms. The van der Waals surface area contributed by atoms with Gasteiger partial charge in [-0.15, -0.1) is 0 Å². The summed E-state index contributed by atoms with van der Waals surface area (Å²) in [5, 5.41) is 13.0. The van der Waals surface area contributed by atoms with E-state index in [1.54, 1.807) is 11.8 Å². The van der Waals surface area contributed by atoms with Crippen molar-refractivity contribution < 1.29 is 9.84 Å². The molecule has 4 heteroatoms. The van der Waals surface area contributed by atoms with Crippen LogP contribution in [0.25, 0.3) is 0 Å². The molecule has 0 aliphatic carbocycles. The number of hydrogen-bond donors (Lipinski definition) is 2. The fraction of sp³-hybridized carbons (Fsp3) is 0.625. The zero-order chi connectivity index (χ0) is 14.8. The van der Waals surface area contributed by atoms with Crippen molar-refractivity contribution in [2.75, 3.05) is 25.5 Å². The summed E-state index contributed by atoms with van der Waals surface area (Å²) in [4.78, 5) is 0. The van der Waals surface area contributed by atoms with Gasteiger partial charge >= 0.3 is 0 Å². The molecule has 0 radical (unpaired) electrons. The van der Waals surface area contributed by atoms with Crippen molar-refractivity contribution in [3.05, 3.63) is 29.8 Å². The van der Waals surface area contributed by atoms with Crippen LogP contribution in [0.2, 0.25) is 0 Å². The average Bonchev–Trinajstić information content (AvgIpc) is 2.48. The van der Waals surface area contributed by atoms with Crippen LogP contribution >= 0.6 is 11.8 Å². The highest BCUT2D eigenvalue weighted by Gasteiger charge is 2.12. The molecule has 0 saturated carbocycles. The van der Waals surface area contributed by atoms with Crippen LogP contribution in [0.4, 0.5) is 0 Å². The van der Waals surface area contributed by atoms with Crippen LogP contribution < -0.4 is 10.1 Å². The summed E-state index contributed by atoms with van der Waals surface area (Å²) in [6, 6.07) is 8.63. The second-order valence-electron chi connectivity index (χ2n) is 4.84. The Bertz CT molecular complexity index is 356. The monoisotopic (exact) mass is 297 g/mol. The average molecular weight is 297 g/mol. The summed E-state index contributed by atoms with van der Waals surface area (Å²) in [5.41, 5.74) is 1.28. The van der Waals surface area contributed by atoms with Gasteiger partial charge < -0.3 is 15.2 Å². The van der Waals surface area contributed by atoms with Crippen molar-refractivity contribution in [3.8, 4) is 5.75 Å². The lowest BCUT2D eigenvalue weighted by molar-refractivity contribution is 0.300. The van der Waals surface area contributed by atoms with Crippen molar-refractivity contribution in [2.45, 2.75) is 38.5 Å². The smallest absolute Gasteiger partial charge is 0.119 e. The summed E-state index contributed by atoms with van der Waals surface area (Å²) in [6.07, 6.45) is 1.12. The summed E-state index contributed by atoms with van der Waals surface area (Å²) in [5.74, 6) is 1.89. The standard InChI is InChI=1S/C16H27NO2S/c1-4-10-17-16(12-20-13(3)11-18)14-6-8-15(9-7-14)19-5-2/h6-9,13,16-18H,4-5,10-12H2,1-3H3. The first-order valence-electron chi connectivity index (χ1n) is 7.39. The molecule has 2 unspecified atom stereocenters. The Kier molecular flexibility index (Phi) is 8.74. The van der Waals surface area contributed by atoms with Gasteiger partial charge in [0.05, 0.1) is 13.2 Å². The van der Waals surface area contributed by atoms with E-state index in [0.717, 1.165) is 24.5 Å². The van der Waals surface area contributed by atoms with Crippen LogP contribution in [-0.4, -0.2) is 35.9 Å². The number of ether oxygens (including phenoxy) is 1. The van der Waals surface area contributed by atoms with E-state index in [2.05, 4.69) is 31.3 Å². The van der Waals surface area contributed by atoms with Crippen molar-refractivity contribution in [3.63, 3.8) is 0 Å². The van der Waals surface area contributed by atoms with Crippen LogP contribution in [-0.2, 0) is 0 Å². The minimum atomic E-state index is 0.231. The SMILES string of the molecule is CCCNC(CSC(C)CO)c1ccc(OCC)cc1. The summed E-state index contributed by atoms with van der Waals surface area (Å²) in [7, 11) is 0. The normalized spacial score (nSPS) is 14.0. The van der Waals surface area contributed by atoms with E-state index in [1.165, 1.54) is 5.56 Å². The Hall–Kier alpha value is -0.710. The van der Waals surface area contributed by atoms with Gasteiger partial charge in [-0.1, -0.05) is 26.0 Å². The molecule has 2 N–H and O–H groups in total. The third-order valence-electron chi connectivity index (χ3n) is 3.04. The van der Waals surface area contributed by atoms with Gasteiger partial charge in [0, 0.05) is 17.0 Å². The molecule has 114 valence electrons. The Morgan fingerprint density at radius 2 is 1.95 bits per heavy atom. The molecule has 0 fully saturated rings. The van der Waals surface area contributed by atoms with Crippen LogP contribution in [0, 0.1) is 0 Å². The van der Waals surface area contributed by atoms with Crippen LogP contribution in [0.15, 0.2) is 24.3 Å². The zero-order valence-corrected chi connectivity index (χ0v) is 13.6. The van der Waals surface area contributed by atoms with Crippen molar-refractivity contribution >= 4 is 11.8 Å². The minimum absolute atomic E-state index is 0.231. The van der Waals surface area contributed by atoms with Crippen molar-refractivity contribution in [2.24, 2.45) is 0 Å². The highest BCUT2D eigenvalue weighted by molar-refractivity contribution is 7.99. The number of hydrogen-bond acceptors (Lipinski definition) is 4. The van der Waals surface area contributed by atoms with E-state index in [9.17, 15) is 0 Å². The number of aliphatic hydroxyl groups excluding tert-OH is 1. The highest BCUT2D eigenvalue weighted by Crippen LogP contribution is 2.23. The molecule has 1 aromatic rings. The molecule has 3 nitrogen and oxygen atoms in total. The van der Waals surface area contributed by atoms with E-state index in [1.807, 2.05) is 19.1 Å². The lowest BCUT2D eigenvalue weighted by Crippen LogP contribution is -2.25. The predicted molar refractivity (Wildman–Crippen MR) is 87.7 cm³/mol. The van der Waals surface area contributed by atoms with Crippen LogP contribution in [0.5, 0.6) is 5.75 Å². The third-order valence-corrected chi connectivity index (χ3v) is 4.28. The Morgan fingerprint density at radius 1 is 1.25 bits per heavy atom. The largest absolute Gasteiger partial charge is 0.494 e. The van der Waals surface area contributed by atoms with Crippen LogP contribution in [0.3, 0.4) is 0 Å². The highest BCUT2D eigenvalue weighted by atomic mass is 32.2. The van der Waals surface area contributed by atoms with Gasteiger partial charge in [0.25, 0.3) is 0 Å². The molecule has 0 aliphatic rings. The molecule has 0 bridgehead atoms. The van der Waals surface area contributed by atoms with Crippen LogP contribution in [0.1, 0.15) is 38.8 Å². The first-order chi connectivity index (χ1) is 9.71. The molecule has 1 rings (SSSR count). The fourth-order valence-electron chi connectivity index (χ4n) is 1.87. The molecular weight excluding hydrogens is 270 g/mol. The molecule has 20 heavy (non-hydrogen) atoms. The second kappa shape index (κ2) is 10.1. The Labute approximate surface area is 127 Å². The van der Waals surface area contributed by atoms with Gasteiger partial charge in [0.2, 0.25) is 0 Å². The van der Waals surface area contributed by atoms with Gasteiger partial charge in [0.1, 0.15) is 5.75 Å². The van der Waals surface area contributed by atoms with Crippen molar-refractivity contribution in [1.29, 1.82) is 0 Å². The number of aliphatic hydroxyl groups is 1. The molecule has 0 aromatic heterocycles. The summed E-state index contributed by atoms with van der Waals surface area (Å²) >= 11 is 1.80. The molecule has 0 aliphatic heterocycles. The molecule has 1 aromatic carbocycles. The van der Waals surface area contributed by atoms with E-state index in [-0.39, 0.29) is 11.9 Å². The maximum Gasteiger partial charge on any atom is 0.119 e. The first kappa shape index (κ1) is 17.3. The lowest BCUT2D eigenvalue weighted by atomic mass is 10.1. The molecular formula is C16H27NO2S. The molecule has 0 amide bonds. The molecule has 0 heterocycles. The second-order valence-corrected chi connectivity index (χ2v) is 6.31. The lowest BCUT2D eigenvalue weighted by Gasteiger charge is -2.20. The molecule has 0 saturated heterocycles. The molecule has 2 atom stereocenters. The Morgan fingerprint density at radius 3 is 2.50 bits per heavy atom. The van der Waals surface area contributed by atoms with Gasteiger partial charge in [-0.3, -0.25) is 0 Å². The van der Waals surface area contributed by atoms with Crippen molar-refractivity contribution in [1.82, 2.24) is 5.32 Å². The minimum Gasteiger partial charge on any atom is -0.494 e.